The highest BCUT2D eigenvalue weighted by Crippen LogP contribution is 2.43. The van der Waals surface area contributed by atoms with Crippen LogP contribution in [0.1, 0.15) is 42.6 Å². The molecule has 3 heterocycles. The Morgan fingerprint density at radius 1 is 1.10 bits per heavy atom. The highest BCUT2D eigenvalue weighted by Gasteiger charge is 2.43. The van der Waals surface area contributed by atoms with Crippen LogP contribution in [0.25, 0.3) is 10.9 Å². The lowest BCUT2D eigenvalue weighted by molar-refractivity contribution is -0.0949. The van der Waals surface area contributed by atoms with Crippen molar-refractivity contribution in [2.24, 2.45) is 0 Å². The van der Waals surface area contributed by atoms with Crippen molar-refractivity contribution in [1.29, 1.82) is 0 Å². The van der Waals surface area contributed by atoms with Gasteiger partial charge in [0.2, 0.25) is 0 Å². The molecule has 1 spiro atoms. The first-order chi connectivity index (χ1) is 14.2. The molecule has 0 saturated carbocycles. The van der Waals surface area contributed by atoms with Crippen LogP contribution in [-0.2, 0) is 16.8 Å². The third-order valence-corrected chi connectivity index (χ3v) is 6.50. The molecule has 1 saturated heterocycles. The maximum absolute atomic E-state index is 12.8. The van der Waals surface area contributed by atoms with E-state index in [9.17, 15) is 4.79 Å². The van der Waals surface area contributed by atoms with E-state index >= 15 is 0 Å². The molecule has 0 radical (unpaired) electrons. The highest BCUT2D eigenvalue weighted by atomic mass is 16.5. The average Bonchev–Trinajstić information content (AvgIpc) is 3.15. The number of aromatic amines is 1. The fourth-order valence-electron chi connectivity index (χ4n) is 4.84. The fraction of sp³-hybridized carbons (Fsp3) is 0.375. The zero-order valence-electron chi connectivity index (χ0n) is 16.8. The third-order valence-electron chi connectivity index (χ3n) is 6.50. The van der Waals surface area contributed by atoms with Gasteiger partial charge in [-0.05, 0) is 43.4 Å². The summed E-state index contributed by atoms with van der Waals surface area (Å²) in [5, 5.41) is 4.44. The Balaban J connectivity index is 1.30. The summed E-state index contributed by atoms with van der Waals surface area (Å²) in [7, 11) is 0. The Kier molecular flexibility index (Phi) is 4.55. The van der Waals surface area contributed by atoms with Crippen molar-refractivity contribution in [3.63, 3.8) is 0 Å². The van der Waals surface area contributed by atoms with Gasteiger partial charge in [-0.25, -0.2) is 4.79 Å². The number of ether oxygens (including phenoxy) is 1. The summed E-state index contributed by atoms with van der Waals surface area (Å²) in [5.74, 6) is 0. The second-order valence-corrected chi connectivity index (χ2v) is 8.19. The van der Waals surface area contributed by atoms with E-state index in [1.54, 1.807) is 0 Å². The van der Waals surface area contributed by atoms with E-state index in [1.165, 1.54) is 22.2 Å². The van der Waals surface area contributed by atoms with E-state index in [2.05, 4.69) is 34.6 Å². The Bertz CT molecular complexity index is 1020. The van der Waals surface area contributed by atoms with Crippen LogP contribution in [0.3, 0.4) is 0 Å². The van der Waals surface area contributed by atoms with Gasteiger partial charge in [-0.2, -0.15) is 0 Å². The molecule has 0 bridgehead atoms. The van der Waals surface area contributed by atoms with Gasteiger partial charge in [0.1, 0.15) is 5.60 Å². The predicted octanol–water partition coefficient (Wildman–Crippen LogP) is 4.50. The molecular weight excluding hydrogens is 362 g/mol. The van der Waals surface area contributed by atoms with Crippen molar-refractivity contribution in [2.45, 2.75) is 37.8 Å². The number of fused-ring (bicyclic) bond motifs is 4. The minimum atomic E-state index is -0.297. The molecule has 5 heteroatoms. The Labute approximate surface area is 171 Å². The largest absolute Gasteiger partial charge is 0.368 e. The molecular formula is C24H27N3O2. The molecule has 1 aromatic heterocycles. The van der Waals surface area contributed by atoms with Crippen LogP contribution in [0, 0.1) is 0 Å². The lowest BCUT2D eigenvalue weighted by Gasteiger charge is -2.43. The van der Waals surface area contributed by atoms with Gasteiger partial charge in [-0.15, -0.1) is 0 Å². The molecule has 2 N–H and O–H groups in total. The van der Waals surface area contributed by atoms with Crippen LogP contribution in [0.2, 0.25) is 0 Å². The van der Waals surface area contributed by atoms with Crippen molar-refractivity contribution >= 4 is 16.9 Å². The van der Waals surface area contributed by atoms with Crippen LogP contribution in [0.5, 0.6) is 0 Å². The van der Waals surface area contributed by atoms with Gasteiger partial charge >= 0.3 is 6.03 Å². The summed E-state index contributed by atoms with van der Waals surface area (Å²) in [6.07, 6.45) is 2.58. The average molecular weight is 389 g/mol. The summed E-state index contributed by atoms with van der Waals surface area (Å²) in [6, 6.07) is 18.6. The Morgan fingerprint density at radius 3 is 2.62 bits per heavy atom. The number of hydrogen-bond donors (Lipinski definition) is 2. The van der Waals surface area contributed by atoms with Crippen molar-refractivity contribution in [2.75, 3.05) is 19.7 Å². The summed E-state index contributed by atoms with van der Waals surface area (Å²) in [4.78, 5) is 18.4. The molecule has 0 unspecified atom stereocenters. The van der Waals surface area contributed by atoms with E-state index in [1.807, 2.05) is 42.2 Å². The SMILES string of the molecule is C[C@H](NC(=O)N1CCC2(CC1)OCCc1c2[nH]c2ccccc12)c1ccccc1. The van der Waals surface area contributed by atoms with Gasteiger partial charge < -0.3 is 19.9 Å². The lowest BCUT2D eigenvalue weighted by atomic mass is 9.83. The monoisotopic (exact) mass is 389 g/mol. The Morgan fingerprint density at radius 2 is 1.83 bits per heavy atom. The van der Waals surface area contributed by atoms with E-state index < -0.39 is 0 Å². The third kappa shape index (κ3) is 3.19. The fourth-order valence-corrected chi connectivity index (χ4v) is 4.84. The molecule has 0 aliphatic carbocycles. The number of carbonyl (C=O) groups is 1. The van der Waals surface area contributed by atoms with Crippen LogP contribution in [-0.4, -0.2) is 35.6 Å². The molecule has 29 heavy (non-hydrogen) atoms. The number of likely N-dealkylation sites (tertiary alicyclic amines) is 1. The maximum Gasteiger partial charge on any atom is 0.317 e. The highest BCUT2D eigenvalue weighted by molar-refractivity contribution is 5.85. The van der Waals surface area contributed by atoms with Crippen LogP contribution in [0.4, 0.5) is 4.79 Å². The predicted molar refractivity (Wildman–Crippen MR) is 114 cm³/mol. The number of para-hydroxylation sites is 1. The number of benzene rings is 2. The molecule has 2 aromatic carbocycles. The summed E-state index contributed by atoms with van der Waals surface area (Å²) in [5.41, 5.74) is 4.62. The van der Waals surface area contributed by atoms with E-state index in [0.29, 0.717) is 13.1 Å². The first kappa shape index (κ1) is 18.3. The summed E-state index contributed by atoms with van der Waals surface area (Å²) < 4.78 is 6.35. The minimum absolute atomic E-state index is 0.00360. The van der Waals surface area contributed by atoms with Gasteiger partial charge in [-0.3, -0.25) is 0 Å². The second-order valence-electron chi connectivity index (χ2n) is 8.19. The number of piperidine rings is 1. The van der Waals surface area contributed by atoms with Crippen molar-refractivity contribution in [3.8, 4) is 0 Å². The number of aromatic nitrogens is 1. The number of nitrogens with one attached hydrogen (secondary N) is 2. The molecule has 5 nitrogen and oxygen atoms in total. The van der Waals surface area contributed by atoms with Crippen molar-refractivity contribution in [3.05, 3.63) is 71.4 Å². The van der Waals surface area contributed by atoms with Gasteiger partial charge in [0, 0.05) is 24.0 Å². The van der Waals surface area contributed by atoms with Crippen LogP contribution < -0.4 is 5.32 Å². The number of amides is 2. The molecule has 2 amide bonds. The molecule has 1 atom stereocenters. The lowest BCUT2D eigenvalue weighted by Crippen LogP contribution is -2.51. The normalized spacial score (nSPS) is 19.1. The molecule has 2 aliphatic heterocycles. The van der Waals surface area contributed by atoms with Gasteiger partial charge in [0.15, 0.2) is 0 Å². The van der Waals surface area contributed by atoms with Gasteiger partial charge in [-0.1, -0.05) is 48.5 Å². The molecule has 5 rings (SSSR count). The zero-order valence-corrected chi connectivity index (χ0v) is 16.8. The maximum atomic E-state index is 12.8. The summed E-state index contributed by atoms with van der Waals surface area (Å²) in [6.45, 7) is 4.16. The van der Waals surface area contributed by atoms with Crippen molar-refractivity contribution < 1.29 is 9.53 Å². The smallest absolute Gasteiger partial charge is 0.317 e. The standard InChI is InChI=1S/C24H27N3O2/c1-17(18-7-3-2-4-8-18)25-23(28)27-14-12-24(13-15-27)22-20(11-16-29-24)19-9-5-6-10-21(19)26-22/h2-10,17,26H,11-16H2,1H3,(H,25,28)/t17-/m0/s1. The number of carbonyl (C=O) groups excluding carboxylic acids is 1. The molecule has 1 fully saturated rings. The zero-order chi connectivity index (χ0) is 19.8. The minimum Gasteiger partial charge on any atom is -0.368 e. The summed E-state index contributed by atoms with van der Waals surface area (Å²) >= 11 is 0. The first-order valence-corrected chi connectivity index (χ1v) is 10.5. The number of H-pyrrole nitrogens is 1. The second kappa shape index (κ2) is 7.23. The molecule has 150 valence electrons. The van der Waals surface area contributed by atoms with Gasteiger partial charge in [0.25, 0.3) is 0 Å². The van der Waals surface area contributed by atoms with Gasteiger partial charge in [0.05, 0.1) is 18.3 Å². The van der Waals surface area contributed by atoms with E-state index in [0.717, 1.165) is 31.4 Å². The van der Waals surface area contributed by atoms with Crippen LogP contribution >= 0.6 is 0 Å². The number of nitrogens with zero attached hydrogens (tertiary/aromatic N) is 1. The van der Waals surface area contributed by atoms with Crippen molar-refractivity contribution in [1.82, 2.24) is 15.2 Å². The van der Waals surface area contributed by atoms with E-state index in [4.69, 9.17) is 4.74 Å². The Hall–Kier alpha value is -2.79. The quantitative estimate of drug-likeness (QED) is 0.678. The van der Waals surface area contributed by atoms with Crippen LogP contribution in [0.15, 0.2) is 54.6 Å². The molecule has 3 aromatic rings. The number of rotatable bonds is 2. The molecule has 2 aliphatic rings. The topological polar surface area (TPSA) is 57.4 Å². The number of hydrogen-bond acceptors (Lipinski definition) is 2. The van der Waals surface area contributed by atoms with E-state index in [-0.39, 0.29) is 17.7 Å². The number of urea groups is 1. The first-order valence-electron chi connectivity index (χ1n) is 10.5.